The largest absolute Gasteiger partial charge is 0.396 e. The molecule has 148 valence electrons. The molecule has 1 aliphatic heterocycles. The van der Waals surface area contributed by atoms with Crippen LogP contribution in [0, 0.1) is 25.2 Å². The number of hydrogen-bond donors (Lipinski definition) is 2. The highest BCUT2D eigenvalue weighted by atomic mass is 16.3. The summed E-state index contributed by atoms with van der Waals surface area (Å²) in [4.78, 5) is 30.5. The van der Waals surface area contributed by atoms with E-state index in [1.54, 1.807) is 24.8 Å². The molecule has 7 heteroatoms. The van der Waals surface area contributed by atoms with Gasteiger partial charge in [0.05, 0.1) is 6.10 Å². The molecule has 1 spiro atoms. The van der Waals surface area contributed by atoms with Crippen LogP contribution in [-0.4, -0.2) is 56.4 Å². The number of amides is 1. The summed E-state index contributed by atoms with van der Waals surface area (Å²) in [6.07, 6.45) is -0.701. The van der Waals surface area contributed by atoms with Crippen molar-refractivity contribution in [3.8, 4) is 0 Å². The van der Waals surface area contributed by atoms with Crippen LogP contribution in [-0.2, 0) is 11.3 Å². The molecule has 2 fully saturated rings. The minimum absolute atomic E-state index is 0.0250. The zero-order chi connectivity index (χ0) is 20.1. The van der Waals surface area contributed by atoms with E-state index in [0.717, 1.165) is 5.56 Å². The lowest BCUT2D eigenvalue weighted by Gasteiger charge is -2.18. The summed E-state index contributed by atoms with van der Waals surface area (Å²) in [5.41, 5.74) is 1.42. The van der Waals surface area contributed by atoms with Crippen molar-refractivity contribution >= 4 is 5.91 Å². The molecule has 1 saturated carbocycles. The van der Waals surface area contributed by atoms with Gasteiger partial charge in [-0.2, -0.15) is 4.98 Å². The van der Waals surface area contributed by atoms with Gasteiger partial charge < -0.3 is 15.1 Å². The van der Waals surface area contributed by atoms with Gasteiger partial charge in [0.2, 0.25) is 5.91 Å². The number of likely N-dealkylation sites (tertiary alicyclic amines) is 1. The van der Waals surface area contributed by atoms with Crippen LogP contribution in [0.1, 0.15) is 22.9 Å². The highest BCUT2D eigenvalue weighted by Crippen LogP contribution is 2.68. The summed E-state index contributed by atoms with van der Waals surface area (Å²) in [5, 5.41) is 20.7. The summed E-state index contributed by atoms with van der Waals surface area (Å²) in [5.74, 6) is -0.271. The molecule has 0 radical (unpaired) electrons. The van der Waals surface area contributed by atoms with Gasteiger partial charge in [-0.25, -0.2) is 4.79 Å². The van der Waals surface area contributed by atoms with Gasteiger partial charge in [0.25, 0.3) is 0 Å². The monoisotopic (exact) mass is 383 g/mol. The van der Waals surface area contributed by atoms with E-state index in [4.69, 9.17) is 0 Å². The number of carbonyl (C=O) groups is 1. The molecule has 2 aromatic rings. The van der Waals surface area contributed by atoms with E-state index in [2.05, 4.69) is 4.98 Å². The van der Waals surface area contributed by atoms with Crippen LogP contribution in [0.3, 0.4) is 0 Å². The Kier molecular flexibility index (Phi) is 4.59. The van der Waals surface area contributed by atoms with Crippen LogP contribution in [0.5, 0.6) is 0 Å². The first-order valence-corrected chi connectivity index (χ1v) is 9.55. The highest BCUT2D eigenvalue weighted by molar-refractivity contribution is 5.77. The molecule has 2 aliphatic rings. The van der Waals surface area contributed by atoms with E-state index in [9.17, 15) is 19.8 Å². The Hall–Kier alpha value is -2.51. The summed E-state index contributed by atoms with van der Waals surface area (Å²) in [6.45, 7) is 3.99. The third-order valence-corrected chi connectivity index (χ3v) is 6.39. The van der Waals surface area contributed by atoms with Crippen molar-refractivity contribution in [1.82, 2.24) is 14.5 Å². The molecule has 4 atom stereocenters. The van der Waals surface area contributed by atoms with E-state index in [1.165, 1.54) is 4.57 Å². The molecule has 1 aliphatic carbocycles. The average molecular weight is 383 g/mol. The molecule has 7 nitrogen and oxygen atoms in total. The number of aromatic nitrogens is 2. The SMILES string of the molecule is Cc1cc(C)n(CC(=O)N2C[C@H](O)[C@@]3(C2)[C@H](CO)[C@H]3c2ccccc2)c(=O)n1. The molecular formula is C21H25N3O4. The second-order valence-corrected chi connectivity index (χ2v) is 7.99. The fourth-order valence-electron chi connectivity index (χ4n) is 4.96. The van der Waals surface area contributed by atoms with Gasteiger partial charge in [-0.15, -0.1) is 0 Å². The minimum atomic E-state index is -0.701. The molecule has 28 heavy (non-hydrogen) atoms. The first kappa shape index (κ1) is 18.8. The smallest absolute Gasteiger partial charge is 0.348 e. The van der Waals surface area contributed by atoms with Crippen LogP contribution >= 0.6 is 0 Å². The predicted molar refractivity (Wildman–Crippen MR) is 103 cm³/mol. The molecule has 1 aromatic carbocycles. The first-order chi connectivity index (χ1) is 13.4. The number of rotatable bonds is 4. The fourth-order valence-corrected chi connectivity index (χ4v) is 4.96. The average Bonchev–Trinajstić information content (AvgIpc) is 3.19. The van der Waals surface area contributed by atoms with Crippen molar-refractivity contribution in [2.24, 2.45) is 11.3 Å². The molecule has 1 aromatic heterocycles. The summed E-state index contributed by atoms with van der Waals surface area (Å²) >= 11 is 0. The minimum Gasteiger partial charge on any atom is -0.396 e. The molecule has 0 bridgehead atoms. The Balaban J connectivity index is 1.55. The summed E-state index contributed by atoms with van der Waals surface area (Å²) in [7, 11) is 0. The van der Waals surface area contributed by atoms with Crippen molar-refractivity contribution in [2.75, 3.05) is 19.7 Å². The Bertz CT molecular complexity index is 958. The number of hydrogen-bond acceptors (Lipinski definition) is 5. The molecular weight excluding hydrogens is 358 g/mol. The van der Waals surface area contributed by atoms with Crippen LogP contribution in [0.15, 0.2) is 41.2 Å². The molecule has 0 unspecified atom stereocenters. The van der Waals surface area contributed by atoms with Crippen LogP contribution in [0.2, 0.25) is 0 Å². The Morgan fingerprint density at radius 1 is 1.29 bits per heavy atom. The lowest BCUT2D eigenvalue weighted by atomic mass is 9.95. The maximum atomic E-state index is 12.9. The van der Waals surface area contributed by atoms with Crippen molar-refractivity contribution in [3.63, 3.8) is 0 Å². The summed E-state index contributed by atoms with van der Waals surface area (Å²) < 4.78 is 1.36. The van der Waals surface area contributed by atoms with E-state index >= 15 is 0 Å². The van der Waals surface area contributed by atoms with Gasteiger partial charge >= 0.3 is 5.69 Å². The lowest BCUT2D eigenvalue weighted by molar-refractivity contribution is -0.131. The number of carbonyl (C=O) groups excluding carboxylic acids is 1. The van der Waals surface area contributed by atoms with E-state index < -0.39 is 17.2 Å². The maximum absolute atomic E-state index is 12.9. The van der Waals surface area contributed by atoms with Crippen LogP contribution < -0.4 is 5.69 Å². The number of aliphatic hydroxyl groups is 2. The molecule has 1 amide bonds. The third kappa shape index (κ3) is 2.86. The normalized spacial score (nSPS) is 28.7. The Morgan fingerprint density at radius 3 is 2.64 bits per heavy atom. The number of nitrogens with zero attached hydrogens (tertiary/aromatic N) is 3. The van der Waals surface area contributed by atoms with Crippen molar-refractivity contribution < 1.29 is 15.0 Å². The zero-order valence-corrected chi connectivity index (χ0v) is 16.1. The van der Waals surface area contributed by atoms with Gasteiger partial charge in [0.15, 0.2) is 0 Å². The van der Waals surface area contributed by atoms with Gasteiger partial charge in [0.1, 0.15) is 6.54 Å². The standard InChI is InChI=1S/C21H25N3O4/c1-13-8-14(2)24(20(28)22-13)10-18(27)23-9-17(26)21(12-23)16(11-25)19(21)15-6-4-3-5-7-15/h3-8,16-17,19,25-26H,9-12H2,1-2H3/t16-,17+,19-,21-/m1/s1. The first-order valence-electron chi connectivity index (χ1n) is 9.55. The molecule has 2 N–H and O–H groups in total. The zero-order valence-electron chi connectivity index (χ0n) is 16.1. The predicted octanol–water partition coefficient (Wildman–Crippen LogP) is 0.456. The number of β-amino-alcohol motifs (C(OH)–C–C–N with tert-alkyl or cyclic N) is 1. The molecule has 4 rings (SSSR count). The summed E-state index contributed by atoms with van der Waals surface area (Å²) in [6, 6.07) is 11.6. The Morgan fingerprint density at radius 2 is 2.00 bits per heavy atom. The van der Waals surface area contributed by atoms with E-state index in [-0.39, 0.29) is 37.4 Å². The highest BCUT2D eigenvalue weighted by Gasteiger charge is 2.71. The fraction of sp³-hybridized carbons (Fsp3) is 0.476. The van der Waals surface area contributed by atoms with E-state index in [1.807, 2.05) is 30.3 Å². The van der Waals surface area contributed by atoms with Crippen molar-refractivity contribution in [2.45, 2.75) is 32.4 Å². The number of aliphatic hydroxyl groups excluding tert-OH is 2. The van der Waals surface area contributed by atoms with Gasteiger partial charge in [-0.1, -0.05) is 30.3 Å². The van der Waals surface area contributed by atoms with Gasteiger partial charge in [0, 0.05) is 36.5 Å². The molecule has 2 heterocycles. The van der Waals surface area contributed by atoms with Crippen LogP contribution in [0.25, 0.3) is 0 Å². The maximum Gasteiger partial charge on any atom is 0.348 e. The number of aryl methyl sites for hydroxylation is 2. The topological polar surface area (TPSA) is 95.7 Å². The number of benzene rings is 1. The second-order valence-electron chi connectivity index (χ2n) is 7.99. The van der Waals surface area contributed by atoms with Gasteiger partial charge in [-0.05, 0) is 37.3 Å². The van der Waals surface area contributed by atoms with Crippen molar-refractivity contribution in [1.29, 1.82) is 0 Å². The lowest BCUT2D eigenvalue weighted by Crippen LogP contribution is -2.37. The van der Waals surface area contributed by atoms with Crippen molar-refractivity contribution in [3.05, 3.63) is 63.8 Å². The Labute approximate surface area is 163 Å². The van der Waals surface area contributed by atoms with Gasteiger partial charge in [-0.3, -0.25) is 9.36 Å². The molecule has 1 saturated heterocycles. The second kappa shape index (κ2) is 6.83. The van der Waals surface area contributed by atoms with E-state index in [0.29, 0.717) is 17.9 Å². The quantitative estimate of drug-likeness (QED) is 0.800. The third-order valence-electron chi connectivity index (χ3n) is 6.39. The van der Waals surface area contributed by atoms with Crippen LogP contribution in [0.4, 0.5) is 0 Å².